The van der Waals surface area contributed by atoms with E-state index in [-0.39, 0.29) is 11.9 Å². The van der Waals surface area contributed by atoms with Crippen LogP contribution in [0.5, 0.6) is 11.5 Å². The van der Waals surface area contributed by atoms with Crippen molar-refractivity contribution in [3.05, 3.63) is 24.3 Å². The van der Waals surface area contributed by atoms with Gasteiger partial charge in [0.2, 0.25) is 0 Å². The van der Waals surface area contributed by atoms with Gasteiger partial charge in [0, 0.05) is 25.7 Å². The highest BCUT2D eigenvalue weighted by atomic mass is 16.5. The third kappa shape index (κ3) is 2.37. The van der Waals surface area contributed by atoms with Gasteiger partial charge in [-0.1, -0.05) is 0 Å². The van der Waals surface area contributed by atoms with Crippen molar-refractivity contribution < 1.29 is 14.6 Å². The molecule has 0 radical (unpaired) electrons. The van der Waals surface area contributed by atoms with Crippen LogP contribution in [0.15, 0.2) is 24.3 Å². The van der Waals surface area contributed by atoms with Gasteiger partial charge < -0.3 is 14.6 Å². The van der Waals surface area contributed by atoms with Crippen LogP contribution in [-0.2, 0) is 4.74 Å². The van der Waals surface area contributed by atoms with E-state index in [1.165, 1.54) is 0 Å². The van der Waals surface area contributed by atoms with Crippen molar-refractivity contribution >= 4 is 0 Å². The average molecular weight is 235 g/mol. The Kier molecular flexibility index (Phi) is 2.91. The lowest BCUT2D eigenvalue weighted by Gasteiger charge is -2.42. The number of nitrogens with zero attached hydrogens (tertiary/aromatic N) is 1. The molecule has 1 unspecified atom stereocenters. The van der Waals surface area contributed by atoms with Gasteiger partial charge in [0.25, 0.3) is 0 Å². The van der Waals surface area contributed by atoms with E-state index in [4.69, 9.17) is 14.6 Å². The smallest absolute Gasteiger partial charge is 0.124 e. The fourth-order valence-electron chi connectivity index (χ4n) is 2.37. The van der Waals surface area contributed by atoms with E-state index in [1.54, 1.807) is 24.3 Å². The first kappa shape index (κ1) is 10.9. The second-order valence-corrected chi connectivity index (χ2v) is 4.71. The molecule has 2 heterocycles. The molecule has 17 heavy (non-hydrogen) atoms. The fraction of sp³-hybridized carbons (Fsp3) is 0.538. The number of likely N-dealkylation sites (tertiary alicyclic amines) is 1. The predicted octanol–water partition coefficient (Wildman–Crippen LogP) is 1.24. The molecule has 92 valence electrons. The number of hydrogen-bond donors (Lipinski definition) is 1. The zero-order valence-electron chi connectivity index (χ0n) is 9.71. The normalized spacial score (nSPS) is 25.8. The first-order valence-corrected chi connectivity index (χ1v) is 6.09. The molecule has 0 amide bonds. The minimum absolute atomic E-state index is 0.274. The van der Waals surface area contributed by atoms with E-state index in [2.05, 4.69) is 4.90 Å². The minimum atomic E-state index is 0.274. The Hall–Kier alpha value is -1.26. The topological polar surface area (TPSA) is 41.9 Å². The van der Waals surface area contributed by atoms with E-state index in [1.807, 2.05) is 0 Å². The molecule has 2 fully saturated rings. The molecule has 0 bridgehead atoms. The van der Waals surface area contributed by atoms with Crippen molar-refractivity contribution in [2.45, 2.75) is 18.6 Å². The second-order valence-electron chi connectivity index (χ2n) is 4.71. The molecular formula is C13H17NO3. The number of phenols is 1. The summed E-state index contributed by atoms with van der Waals surface area (Å²) in [4.78, 5) is 2.41. The first-order chi connectivity index (χ1) is 8.31. The summed E-state index contributed by atoms with van der Waals surface area (Å²) < 4.78 is 11.2. The summed E-state index contributed by atoms with van der Waals surface area (Å²) in [5, 5.41) is 9.17. The van der Waals surface area contributed by atoms with Crippen LogP contribution in [-0.4, -0.2) is 48.5 Å². The summed E-state index contributed by atoms with van der Waals surface area (Å²) in [6, 6.07) is 7.50. The maximum absolute atomic E-state index is 9.17. The summed E-state index contributed by atoms with van der Waals surface area (Å²) in [6.45, 7) is 3.72. The number of phenolic OH excluding ortho intramolecular Hbond substituents is 1. The van der Waals surface area contributed by atoms with E-state index in [0.29, 0.717) is 6.04 Å². The molecule has 2 aliphatic rings. The monoisotopic (exact) mass is 235 g/mol. The molecule has 4 heteroatoms. The van der Waals surface area contributed by atoms with Crippen LogP contribution in [0.4, 0.5) is 0 Å². The maximum atomic E-state index is 9.17. The zero-order chi connectivity index (χ0) is 11.7. The Morgan fingerprint density at radius 2 is 2.00 bits per heavy atom. The largest absolute Gasteiger partial charge is 0.508 e. The summed E-state index contributed by atoms with van der Waals surface area (Å²) in [6.07, 6.45) is 1.42. The SMILES string of the molecule is Oc1ccc(OC2CN(C3CCOC3)C2)cc1. The molecule has 0 saturated carbocycles. The van der Waals surface area contributed by atoms with Gasteiger partial charge in [0.05, 0.1) is 6.61 Å². The van der Waals surface area contributed by atoms with Gasteiger partial charge in [-0.2, -0.15) is 0 Å². The molecular weight excluding hydrogens is 218 g/mol. The molecule has 4 nitrogen and oxygen atoms in total. The first-order valence-electron chi connectivity index (χ1n) is 6.09. The van der Waals surface area contributed by atoms with Gasteiger partial charge in [-0.05, 0) is 30.7 Å². The lowest BCUT2D eigenvalue weighted by Crippen LogP contribution is -2.57. The molecule has 1 atom stereocenters. The number of benzene rings is 1. The van der Waals surface area contributed by atoms with E-state index < -0.39 is 0 Å². The van der Waals surface area contributed by atoms with Crippen molar-refractivity contribution in [1.29, 1.82) is 0 Å². The van der Waals surface area contributed by atoms with Gasteiger partial charge in [-0.15, -0.1) is 0 Å². The Balaban J connectivity index is 1.47. The molecule has 0 aromatic heterocycles. The molecule has 2 saturated heterocycles. The maximum Gasteiger partial charge on any atom is 0.124 e. The highest BCUT2D eigenvalue weighted by Gasteiger charge is 2.35. The number of ether oxygens (including phenoxy) is 2. The zero-order valence-corrected chi connectivity index (χ0v) is 9.71. The Morgan fingerprint density at radius 1 is 1.24 bits per heavy atom. The molecule has 1 N–H and O–H groups in total. The molecule has 0 spiro atoms. The van der Waals surface area contributed by atoms with Crippen LogP contribution in [0.3, 0.4) is 0 Å². The van der Waals surface area contributed by atoms with Crippen molar-refractivity contribution in [3.63, 3.8) is 0 Å². The van der Waals surface area contributed by atoms with Crippen LogP contribution < -0.4 is 4.74 Å². The van der Waals surface area contributed by atoms with E-state index >= 15 is 0 Å². The van der Waals surface area contributed by atoms with Crippen LogP contribution in [0.2, 0.25) is 0 Å². The lowest BCUT2D eigenvalue weighted by molar-refractivity contribution is -0.0113. The molecule has 3 rings (SSSR count). The molecule has 0 aliphatic carbocycles. The van der Waals surface area contributed by atoms with Crippen LogP contribution >= 0.6 is 0 Å². The highest BCUT2D eigenvalue weighted by molar-refractivity contribution is 5.30. The van der Waals surface area contributed by atoms with Gasteiger partial charge in [0.1, 0.15) is 17.6 Å². The van der Waals surface area contributed by atoms with Crippen molar-refractivity contribution in [2.24, 2.45) is 0 Å². The average Bonchev–Trinajstić information content (AvgIpc) is 2.78. The van der Waals surface area contributed by atoms with Crippen LogP contribution in [0.1, 0.15) is 6.42 Å². The van der Waals surface area contributed by atoms with E-state index in [9.17, 15) is 0 Å². The minimum Gasteiger partial charge on any atom is -0.508 e. The Morgan fingerprint density at radius 3 is 2.65 bits per heavy atom. The van der Waals surface area contributed by atoms with Crippen LogP contribution in [0.25, 0.3) is 0 Å². The summed E-state index contributed by atoms with van der Waals surface area (Å²) in [5.41, 5.74) is 0. The van der Waals surface area contributed by atoms with E-state index in [0.717, 1.165) is 38.5 Å². The van der Waals surface area contributed by atoms with Gasteiger partial charge >= 0.3 is 0 Å². The molecule has 2 aliphatic heterocycles. The van der Waals surface area contributed by atoms with Gasteiger partial charge in [0.15, 0.2) is 0 Å². The van der Waals surface area contributed by atoms with Crippen molar-refractivity contribution in [3.8, 4) is 11.5 Å². The highest BCUT2D eigenvalue weighted by Crippen LogP contribution is 2.24. The second kappa shape index (κ2) is 4.55. The van der Waals surface area contributed by atoms with Crippen molar-refractivity contribution in [2.75, 3.05) is 26.3 Å². The summed E-state index contributed by atoms with van der Waals surface area (Å²) in [7, 11) is 0. The fourth-order valence-corrected chi connectivity index (χ4v) is 2.37. The quantitative estimate of drug-likeness (QED) is 0.856. The van der Waals surface area contributed by atoms with Gasteiger partial charge in [-0.3, -0.25) is 4.90 Å². The Labute approximate surface area is 101 Å². The third-order valence-corrected chi connectivity index (χ3v) is 3.44. The van der Waals surface area contributed by atoms with Crippen molar-refractivity contribution in [1.82, 2.24) is 4.90 Å². The Bertz CT molecular complexity index is 367. The number of rotatable bonds is 3. The van der Waals surface area contributed by atoms with Crippen LogP contribution in [0, 0.1) is 0 Å². The predicted molar refractivity (Wildman–Crippen MR) is 63.3 cm³/mol. The number of hydrogen-bond acceptors (Lipinski definition) is 4. The molecule has 1 aromatic carbocycles. The summed E-state index contributed by atoms with van der Waals surface area (Å²) in [5.74, 6) is 1.10. The standard InChI is InChI=1S/C13H17NO3/c15-11-1-3-12(4-2-11)17-13-7-14(8-13)10-5-6-16-9-10/h1-4,10,13,15H,5-9H2. The lowest BCUT2D eigenvalue weighted by atomic mass is 10.1. The van der Waals surface area contributed by atoms with Gasteiger partial charge in [-0.25, -0.2) is 0 Å². The molecule has 1 aromatic rings. The third-order valence-electron chi connectivity index (χ3n) is 3.44. The summed E-state index contributed by atoms with van der Waals surface area (Å²) >= 11 is 0. The number of aromatic hydroxyl groups is 1.